The van der Waals surface area contributed by atoms with E-state index >= 15 is 0 Å². The van der Waals surface area contributed by atoms with E-state index in [1.807, 2.05) is 6.07 Å². The van der Waals surface area contributed by atoms with Gasteiger partial charge in [0.15, 0.2) is 0 Å². The molecule has 19 heavy (non-hydrogen) atoms. The summed E-state index contributed by atoms with van der Waals surface area (Å²) in [6.45, 7) is 3.94. The molecule has 3 rings (SSSR count). The summed E-state index contributed by atoms with van der Waals surface area (Å²) in [6.07, 6.45) is 3.20. The van der Waals surface area contributed by atoms with E-state index in [1.165, 1.54) is 12.0 Å². The van der Waals surface area contributed by atoms with E-state index in [4.69, 9.17) is 4.74 Å². The van der Waals surface area contributed by atoms with Gasteiger partial charge in [-0.3, -0.25) is 9.69 Å². The Morgan fingerprint density at radius 1 is 1.26 bits per heavy atom. The van der Waals surface area contributed by atoms with Crippen molar-refractivity contribution in [2.24, 2.45) is 5.92 Å². The first kappa shape index (κ1) is 12.7. The van der Waals surface area contributed by atoms with Gasteiger partial charge in [-0.2, -0.15) is 0 Å². The molecule has 1 aromatic rings. The number of benzene rings is 1. The molecule has 0 amide bonds. The normalized spacial score (nSPS) is 29.4. The first-order valence-electron chi connectivity index (χ1n) is 7.24. The van der Waals surface area contributed by atoms with Crippen LogP contribution in [0.2, 0.25) is 0 Å². The largest absolute Gasteiger partial charge is 0.465 e. The fourth-order valence-electron chi connectivity index (χ4n) is 3.51. The monoisotopic (exact) mass is 259 g/mol. The van der Waals surface area contributed by atoms with Gasteiger partial charge in [-0.1, -0.05) is 30.3 Å². The molecule has 2 aliphatic rings. The lowest BCUT2D eigenvalue weighted by Gasteiger charge is -2.33. The molecule has 3 atom stereocenters. The van der Waals surface area contributed by atoms with Gasteiger partial charge in [0.25, 0.3) is 0 Å². The number of rotatable bonds is 3. The molecular weight excluding hydrogens is 238 g/mol. The third-order valence-electron chi connectivity index (χ3n) is 4.56. The number of ether oxygens (including phenoxy) is 1. The van der Waals surface area contributed by atoms with Gasteiger partial charge in [0.2, 0.25) is 0 Å². The highest BCUT2D eigenvalue weighted by Gasteiger charge is 2.41. The Hall–Kier alpha value is -1.35. The SMILES string of the molecule is C[C@@H](c1ccccc1)N1CCC[C@H]1[C@H]1CCOC1=O. The van der Waals surface area contributed by atoms with Crippen LogP contribution < -0.4 is 0 Å². The average molecular weight is 259 g/mol. The van der Waals surface area contributed by atoms with Crippen molar-refractivity contribution in [3.63, 3.8) is 0 Å². The molecule has 2 heterocycles. The first-order chi connectivity index (χ1) is 9.27. The van der Waals surface area contributed by atoms with Crippen molar-refractivity contribution in [2.75, 3.05) is 13.2 Å². The summed E-state index contributed by atoms with van der Waals surface area (Å²) in [5, 5.41) is 0. The Labute approximate surface area is 114 Å². The highest BCUT2D eigenvalue weighted by Crippen LogP contribution is 2.35. The second-order valence-electron chi connectivity index (χ2n) is 5.60. The van der Waals surface area contributed by atoms with Crippen LogP contribution in [0.5, 0.6) is 0 Å². The summed E-state index contributed by atoms with van der Waals surface area (Å²) in [6, 6.07) is 11.3. The predicted molar refractivity (Wildman–Crippen MR) is 73.7 cm³/mol. The van der Waals surface area contributed by atoms with E-state index in [0.29, 0.717) is 18.7 Å². The smallest absolute Gasteiger partial charge is 0.310 e. The van der Waals surface area contributed by atoms with Gasteiger partial charge in [0, 0.05) is 12.1 Å². The molecule has 1 aromatic carbocycles. The number of hydrogen-bond acceptors (Lipinski definition) is 3. The number of carbonyl (C=O) groups is 1. The van der Waals surface area contributed by atoms with Gasteiger partial charge in [-0.05, 0) is 38.3 Å². The van der Waals surface area contributed by atoms with Crippen LogP contribution in [0.3, 0.4) is 0 Å². The Bertz CT molecular complexity index is 445. The minimum atomic E-state index is 0.0113. The van der Waals surface area contributed by atoms with Crippen molar-refractivity contribution < 1.29 is 9.53 Å². The zero-order chi connectivity index (χ0) is 13.2. The zero-order valence-corrected chi connectivity index (χ0v) is 11.4. The Balaban J connectivity index is 1.77. The molecule has 0 aromatic heterocycles. The third-order valence-corrected chi connectivity index (χ3v) is 4.56. The Morgan fingerprint density at radius 2 is 2.05 bits per heavy atom. The van der Waals surface area contributed by atoms with E-state index < -0.39 is 0 Å². The molecule has 2 saturated heterocycles. The fraction of sp³-hybridized carbons (Fsp3) is 0.562. The molecule has 0 aliphatic carbocycles. The topological polar surface area (TPSA) is 29.5 Å². The Morgan fingerprint density at radius 3 is 2.74 bits per heavy atom. The molecule has 102 valence electrons. The van der Waals surface area contributed by atoms with Crippen LogP contribution in [-0.4, -0.2) is 30.1 Å². The molecule has 2 aliphatic heterocycles. The van der Waals surface area contributed by atoms with Gasteiger partial charge in [-0.25, -0.2) is 0 Å². The molecule has 2 fully saturated rings. The predicted octanol–water partition coefficient (Wildman–Crippen LogP) is 2.78. The zero-order valence-electron chi connectivity index (χ0n) is 11.4. The van der Waals surface area contributed by atoms with Gasteiger partial charge < -0.3 is 4.74 Å². The molecular formula is C16H21NO2. The number of esters is 1. The summed E-state index contributed by atoms with van der Waals surface area (Å²) < 4.78 is 5.15. The van der Waals surface area contributed by atoms with Crippen molar-refractivity contribution in [1.29, 1.82) is 0 Å². The third kappa shape index (κ3) is 2.39. The first-order valence-corrected chi connectivity index (χ1v) is 7.24. The molecule has 3 heteroatoms. The van der Waals surface area contributed by atoms with Crippen LogP contribution in [0.4, 0.5) is 0 Å². The van der Waals surface area contributed by atoms with E-state index in [-0.39, 0.29) is 11.9 Å². The van der Waals surface area contributed by atoms with Crippen LogP contribution in [-0.2, 0) is 9.53 Å². The number of cyclic esters (lactones) is 1. The van der Waals surface area contributed by atoms with Crippen molar-refractivity contribution >= 4 is 5.97 Å². The van der Waals surface area contributed by atoms with Gasteiger partial charge in [0.05, 0.1) is 12.5 Å². The molecule has 0 radical (unpaired) electrons. The van der Waals surface area contributed by atoms with Crippen molar-refractivity contribution in [3.8, 4) is 0 Å². The number of hydrogen-bond donors (Lipinski definition) is 0. The van der Waals surface area contributed by atoms with Crippen LogP contribution >= 0.6 is 0 Å². The minimum Gasteiger partial charge on any atom is -0.465 e. The number of carbonyl (C=O) groups excluding carboxylic acids is 1. The maximum absolute atomic E-state index is 11.8. The van der Waals surface area contributed by atoms with Gasteiger partial charge in [-0.15, -0.1) is 0 Å². The van der Waals surface area contributed by atoms with Gasteiger partial charge >= 0.3 is 5.97 Å². The lowest BCUT2D eigenvalue weighted by atomic mass is 9.94. The van der Waals surface area contributed by atoms with E-state index in [1.54, 1.807) is 0 Å². The van der Waals surface area contributed by atoms with E-state index in [0.717, 1.165) is 19.4 Å². The van der Waals surface area contributed by atoms with E-state index in [2.05, 4.69) is 36.1 Å². The summed E-state index contributed by atoms with van der Waals surface area (Å²) in [5.41, 5.74) is 1.33. The van der Waals surface area contributed by atoms with Gasteiger partial charge in [0.1, 0.15) is 0 Å². The lowest BCUT2D eigenvalue weighted by molar-refractivity contribution is -0.142. The highest BCUT2D eigenvalue weighted by molar-refractivity contribution is 5.75. The fourth-order valence-corrected chi connectivity index (χ4v) is 3.51. The maximum atomic E-state index is 11.8. The van der Waals surface area contributed by atoms with Crippen LogP contribution in [0.1, 0.15) is 37.8 Å². The minimum absolute atomic E-state index is 0.0113. The molecule has 3 nitrogen and oxygen atoms in total. The van der Waals surface area contributed by atoms with E-state index in [9.17, 15) is 4.79 Å². The van der Waals surface area contributed by atoms with Crippen LogP contribution in [0.15, 0.2) is 30.3 Å². The average Bonchev–Trinajstić information content (AvgIpc) is 3.07. The second-order valence-corrected chi connectivity index (χ2v) is 5.60. The lowest BCUT2D eigenvalue weighted by Crippen LogP contribution is -2.39. The number of likely N-dealkylation sites (tertiary alicyclic amines) is 1. The molecule has 0 spiro atoms. The van der Waals surface area contributed by atoms with Crippen LogP contribution in [0.25, 0.3) is 0 Å². The standard InChI is InChI=1S/C16H21NO2/c1-12(13-6-3-2-4-7-13)17-10-5-8-15(17)14-9-11-19-16(14)18/h2-4,6-7,12,14-15H,5,8-11H2,1H3/t12-,14+,15-/m0/s1. The quantitative estimate of drug-likeness (QED) is 0.782. The molecule has 0 unspecified atom stereocenters. The second kappa shape index (κ2) is 5.33. The van der Waals surface area contributed by atoms with Crippen molar-refractivity contribution in [2.45, 2.75) is 38.3 Å². The molecule has 0 N–H and O–H groups in total. The molecule has 0 saturated carbocycles. The molecule has 0 bridgehead atoms. The summed E-state index contributed by atoms with van der Waals surface area (Å²) in [4.78, 5) is 14.3. The summed E-state index contributed by atoms with van der Waals surface area (Å²) >= 11 is 0. The van der Waals surface area contributed by atoms with Crippen molar-refractivity contribution in [1.82, 2.24) is 4.90 Å². The summed E-state index contributed by atoms with van der Waals surface area (Å²) in [7, 11) is 0. The Kier molecular flexibility index (Phi) is 3.56. The maximum Gasteiger partial charge on any atom is 0.310 e. The number of nitrogens with zero attached hydrogens (tertiary/aromatic N) is 1. The van der Waals surface area contributed by atoms with Crippen molar-refractivity contribution in [3.05, 3.63) is 35.9 Å². The highest BCUT2D eigenvalue weighted by atomic mass is 16.5. The summed E-state index contributed by atoms with van der Waals surface area (Å²) in [5.74, 6) is 0.103. The van der Waals surface area contributed by atoms with Crippen LogP contribution in [0, 0.1) is 5.92 Å².